The van der Waals surface area contributed by atoms with E-state index < -0.39 is 17.4 Å². The molecule has 0 saturated carbocycles. The Kier molecular flexibility index (Phi) is 4.51. The van der Waals surface area contributed by atoms with Crippen molar-refractivity contribution < 1.29 is 14.0 Å². The van der Waals surface area contributed by atoms with Crippen LogP contribution in [0, 0.1) is 5.82 Å². The lowest BCUT2D eigenvalue weighted by molar-refractivity contribution is -0.124. The highest BCUT2D eigenvalue weighted by atomic mass is 19.1. The number of amides is 2. The number of carbonyl (C=O) groups excluding carboxylic acids is 2. The largest absolute Gasteiger partial charge is 0.274 e. The maximum absolute atomic E-state index is 13.4. The second-order valence-electron chi connectivity index (χ2n) is 7.21. The van der Waals surface area contributed by atoms with Crippen molar-refractivity contribution in [1.82, 2.24) is 19.7 Å². The van der Waals surface area contributed by atoms with Gasteiger partial charge in [-0.25, -0.2) is 23.9 Å². The van der Waals surface area contributed by atoms with Gasteiger partial charge in [-0.3, -0.25) is 9.59 Å². The van der Waals surface area contributed by atoms with Crippen LogP contribution in [0.4, 0.5) is 10.2 Å². The topological polar surface area (TPSA) is 81.0 Å². The number of anilines is 1. The average Bonchev–Trinajstić information content (AvgIpc) is 2.96. The molecule has 3 aromatic rings. The number of rotatable bonds is 2. The first kappa shape index (κ1) is 18.6. The van der Waals surface area contributed by atoms with Crippen LogP contribution in [-0.2, 0) is 15.1 Å². The molecule has 2 aromatic heterocycles. The molecule has 7 nitrogen and oxygen atoms in total. The maximum atomic E-state index is 13.4. The average molecular weight is 369 g/mol. The Hall–Kier alpha value is -3.16. The van der Waals surface area contributed by atoms with Gasteiger partial charge in [0.2, 0.25) is 11.8 Å². The van der Waals surface area contributed by atoms with E-state index in [4.69, 9.17) is 0 Å². The third-order valence-corrected chi connectivity index (χ3v) is 4.04. The minimum atomic E-state index is -0.462. The summed E-state index contributed by atoms with van der Waals surface area (Å²) in [5, 5.41) is 5.13. The lowest BCUT2D eigenvalue weighted by Crippen LogP contribution is -2.34. The van der Waals surface area contributed by atoms with Crippen LogP contribution in [0.25, 0.3) is 22.3 Å². The Labute approximate surface area is 155 Å². The van der Waals surface area contributed by atoms with Crippen LogP contribution in [0.1, 0.15) is 34.6 Å². The van der Waals surface area contributed by atoms with E-state index in [1.165, 1.54) is 32.3 Å². The summed E-state index contributed by atoms with van der Waals surface area (Å²) in [6, 6.07) is 5.84. The molecule has 0 fully saturated rings. The van der Waals surface area contributed by atoms with Crippen molar-refractivity contribution in [3.63, 3.8) is 0 Å². The normalized spacial score (nSPS) is 11.6. The SMILES string of the molecule is CC(=O)N(C(C)=O)c1ncnc2c1c(-c1ccc(F)cc1)nn2C(C)(C)C. The van der Waals surface area contributed by atoms with Crippen LogP contribution in [0.5, 0.6) is 0 Å². The van der Waals surface area contributed by atoms with Gasteiger partial charge in [0, 0.05) is 19.4 Å². The zero-order chi connectivity index (χ0) is 19.9. The van der Waals surface area contributed by atoms with Crippen LogP contribution in [0.2, 0.25) is 0 Å². The summed E-state index contributed by atoms with van der Waals surface area (Å²) < 4.78 is 15.1. The van der Waals surface area contributed by atoms with Crippen LogP contribution in [-0.4, -0.2) is 31.6 Å². The summed E-state index contributed by atoms with van der Waals surface area (Å²) in [5.41, 5.74) is 1.18. The molecule has 0 saturated heterocycles. The summed E-state index contributed by atoms with van der Waals surface area (Å²) in [6.07, 6.45) is 1.30. The van der Waals surface area contributed by atoms with Gasteiger partial charge in [-0.15, -0.1) is 0 Å². The minimum Gasteiger partial charge on any atom is -0.274 e. The van der Waals surface area contributed by atoms with E-state index >= 15 is 0 Å². The van der Waals surface area contributed by atoms with Gasteiger partial charge in [0.25, 0.3) is 0 Å². The predicted molar refractivity (Wildman–Crippen MR) is 99.6 cm³/mol. The zero-order valence-corrected chi connectivity index (χ0v) is 15.8. The Morgan fingerprint density at radius 1 is 1.04 bits per heavy atom. The summed E-state index contributed by atoms with van der Waals surface area (Å²) in [4.78, 5) is 33.7. The van der Waals surface area contributed by atoms with Gasteiger partial charge in [0.1, 0.15) is 17.8 Å². The summed E-state index contributed by atoms with van der Waals surface area (Å²) >= 11 is 0. The fourth-order valence-corrected chi connectivity index (χ4v) is 2.90. The fraction of sp³-hybridized carbons (Fsp3) is 0.316. The van der Waals surface area contributed by atoms with Crippen molar-refractivity contribution in [3.05, 3.63) is 36.4 Å². The quantitative estimate of drug-likeness (QED) is 0.692. The first-order chi connectivity index (χ1) is 12.6. The molecule has 3 rings (SSSR count). The second kappa shape index (κ2) is 6.53. The number of aromatic nitrogens is 4. The molecule has 0 radical (unpaired) electrons. The van der Waals surface area contributed by atoms with Crippen LogP contribution in [0.3, 0.4) is 0 Å². The Bertz CT molecular complexity index is 1020. The number of hydrogen-bond donors (Lipinski definition) is 0. The molecule has 1 aromatic carbocycles. The molecule has 0 spiro atoms. The molecule has 0 unspecified atom stereocenters. The molecule has 0 aliphatic rings. The number of fused-ring (bicyclic) bond motifs is 1. The van der Waals surface area contributed by atoms with Gasteiger partial charge in [0.15, 0.2) is 11.5 Å². The first-order valence-corrected chi connectivity index (χ1v) is 8.42. The maximum Gasteiger partial charge on any atom is 0.231 e. The van der Waals surface area contributed by atoms with E-state index in [0.717, 1.165) is 4.90 Å². The van der Waals surface area contributed by atoms with E-state index in [0.29, 0.717) is 22.3 Å². The van der Waals surface area contributed by atoms with Gasteiger partial charge >= 0.3 is 0 Å². The molecule has 140 valence electrons. The number of halogens is 1. The van der Waals surface area contributed by atoms with Crippen LogP contribution >= 0.6 is 0 Å². The minimum absolute atomic E-state index is 0.162. The van der Waals surface area contributed by atoms with Gasteiger partial charge in [0.05, 0.1) is 10.9 Å². The third-order valence-electron chi connectivity index (χ3n) is 4.04. The molecule has 27 heavy (non-hydrogen) atoms. The van der Waals surface area contributed by atoms with Crippen molar-refractivity contribution in [2.24, 2.45) is 0 Å². The first-order valence-electron chi connectivity index (χ1n) is 8.42. The number of carbonyl (C=O) groups is 2. The van der Waals surface area contributed by atoms with Crippen LogP contribution in [0.15, 0.2) is 30.6 Å². The summed E-state index contributed by atoms with van der Waals surface area (Å²) in [7, 11) is 0. The van der Waals surface area contributed by atoms with Crippen molar-refractivity contribution in [2.45, 2.75) is 40.2 Å². The molecule has 0 aliphatic carbocycles. The molecule has 2 amide bonds. The lowest BCUT2D eigenvalue weighted by Gasteiger charge is -2.20. The molecular formula is C19H20FN5O2. The number of benzene rings is 1. The molecule has 0 aliphatic heterocycles. The molecule has 8 heteroatoms. The molecule has 0 N–H and O–H groups in total. The molecular weight excluding hydrogens is 349 g/mol. The Morgan fingerprint density at radius 3 is 2.15 bits per heavy atom. The van der Waals surface area contributed by atoms with E-state index in [9.17, 15) is 14.0 Å². The lowest BCUT2D eigenvalue weighted by atomic mass is 10.1. The number of hydrogen-bond acceptors (Lipinski definition) is 5. The van der Waals surface area contributed by atoms with Crippen molar-refractivity contribution in [2.75, 3.05) is 4.90 Å². The molecule has 0 atom stereocenters. The molecule has 2 heterocycles. The van der Waals surface area contributed by atoms with Crippen LogP contribution < -0.4 is 4.90 Å². The highest BCUT2D eigenvalue weighted by Crippen LogP contribution is 2.35. The standard InChI is InChI=1S/C19H20FN5O2/c1-11(26)24(12(2)27)17-15-16(13-6-8-14(20)9-7-13)23-25(19(3,4)5)18(15)22-10-21-17/h6-10H,1-5H3. The van der Waals surface area contributed by atoms with E-state index in [-0.39, 0.29) is 11.6 Å². The summed E-state index contributed by atoms with van der Waals surface area (Å²) in [5.74, 6) is -1.13. The van der Waals surface area contributed by atoms with Gasteiger partial charge in [-0.05, 0) is 45.0 Å². The Balaban J connectivity index is 2.42. The van der Waals surface area contributed by atoms with Crippen molar-refractivity contribution in [1.29, 1.82) is 0 Å². The highest BCUT2D eigenvalue weighted by Gasteiger charge is 2.28. The number of imide groups is 1. The number of nitrogens with zero attached hydrogens (tertiary/aromatic N) is 5. The van der Waals surface area contributed by atoms with E-state index in [1.807, 2.05) is 20.8 Å². The smallest absolute Gasteiger partial charge is 0.231 e. The van der Waals surface area contributed by atoms with E-state index in [2.05, 4.69) is 15.1 Å². The molecule has 0 bridgehead atoms. The van der Waals surface area contributed by atoms with Gasteiger partial charge in [-0.1, -0.05) is 0 Å². The zero-order valence-electron chi connectivity index (χ0n) is 15.8. The predicted octanol–water partition coefficient (Wildman–Crippen LogP) is 3.29. The second-order valence-corrected chi connectivity index (χ2v) is 7.21. The fourth-order valence-electron chi connectivity index (χ4n) is 2.90. The van der Waals surface area contributed by atoms with Crippen molar-refractivity contribution >= 4 is 28.7 Å². The van der Waals surface area contributed by atoms with E-state index in [1.54, 1.807) is 16.8 Å². The highest BCUT2D eigenvalue weighted by molar-refractivity contribution is 6.17. The summed E-state index contributed by atoms with van der Waals surface area (Å²) in [6.45, 7) is 8.47. The Morgan fingerprint density at radius 2 is 1.63 bits per heavy atom. The third kappa shape index (κ3) is 3.30. The van der Waals surface area contributed by atoms with Gasteiger partial charge < -0.3 is 0 Å². The van der Waals surface area contributed by atoms with Gasteiger partial charge in [-0.2, -0.15) is 5.10 Å². The van der Waals surface area contributed by atoms with Crippen molar-refractivity contribution in [3.8, 4) is 11.3 Å². The monoisotopic (exact) mass is 369 g/mol.